The van der Waals surface area contributed by atoms with Crippen molar-refractivity contribution in [2.24, 2.45) is 5.92 Å². The predicted octanol–water partition coefficient (Wildman–Crippen LogP) is 2.80. The second-order valence-corrected chi connectivity index (χ2v) is 5.86. The molecule has 1 aromatic rings. The van der Waals surface area contributed by atoms with Crippen LogP contribution in [0, 0.1) is 12.8 Å². The first kappa shape index (κ1) is 13.6. The van der Waals surface area contributed by atoms with Gasteiger partial charge in [-0.1, -0.05) is 13.8 Å². The highest BCUT2D eigenvalue weighted by Gasteiger charge is 2.19. The number of aryl methyl sites for hydroxylation is 1. The molecule has 1 saturated heterocycles. The van der Waals surface area contributed by atoms with Crippen molar-refractivity contribution >= 4 is 0 Å². The lowest BCUT2D eigenvalue weighted by molar-refractivity contribution is 0.178. The van der Waals surface area contributed by atoms with Gasteiger partial charge in [-0.25, -0.2) is 0 Å². The van der Waals surface area contributed by atoms with Gasteiger partial charge in [0.15, 0.2) is 0 Å². The first-order valence-corrected chi connectivity index (χ1v) is 7.14. The molecule has 102 valence electrons. The lowest BCUT2D eigenvalue weighted by Gasteiger charge is -2.33. The number of hydrogen-bond acceptors (Lipinski definition) is 3. The molecule has 1 fully saturated rings. The Morgan fingerprint density at radius 3 is 2.61 bits per heavy atom. The molecule has 1 N–H and O–H groups in total. The SMILES string of the molecule is Cc1ccc(CNC2CCN(CC(C)C)CC2)o1. The third kappa shape index (κ3) is 4.14. The Morgan fingerprint density at radius 1 is 1.33 bits per heavy atom. The van der Waals surface area contributed by atoms with E-state index >= 15 is 0 Å². The molecule has 0 atom stereocenters. The van der Waals surface area contributed by atoms with E-state index in [9.17, 15) is 0 Å². The van der Waals surface area contributed by atoms with Crippen LogP contribution < -0.4 is 5.32 Å². The third-order valence-corrected chi connectivity index (χ3v) is 3.57. The van der Waals surface area contributed by atoms with E-state index in [2.05, 4.69) is 30.1 Å². The van der Waals surface area contributed by atoms with Gasteiger partial charge in [-0.2, -0.15) is 0 Å². The molecular formula is C15H26N2O. The molecule has 2 rings (SSSR count). The maximum Gasteiger partial charge on any atom is 0.117 e. The monoisotopic (exact) mass is 250 g/mol. The summed E-state index contributed by atoms with van der Waals surface area (Å²) in [6.45, 7) is 11.1. The first-order valence-electron chi connectivity index (χ1n) is 7.14. The van der Waals surface area contributed by atoms with Crippen molar-refractivity contribution in [1.29, 1.82) is 0 Å². The molecule has 3 heteroatoms. The van der Waals surface area contributed by atoms with E-state index in [0.717, 1.165) is 24.0 Å². The predicted molar refractivity (Wildman–Crippen MR) is 74.6 cm³/mol. The number of nitrogens with one attached hydrogen (secondary N) is 1. The zero-order valence-corrected chi connectivity index (χ0v) is 11.9. The fraction of sp³-hybridized carbons (Fsp3) is 0.733. The minimum Gasteiger partial charge on any atom is -0.465 e. The van der Waals surface area contributed by atoms with Crippen molar-refractivity contribution in [3.8, 4) is 0 Å². The molecule has 0 aromatic carbocycles. The molecule has 0 amide bonds. The molecular weight excluding hydrogens is 224 g/mol. The molecule has 1 aliphatic rings. The van der Waals surface area contributed by atoms with Crippen molar-refractivity contribution < 1.29 is 4.42 Å². The molecule has 2 heterocycles. The Labute approximate surface area is 111 Å². The quantitative estimate of drug-likeness (QED) is 0.871. The lowest BCUT2D eigenvalue weighted by Crippen LogP contribution is -2.43. The Morgan fingerprint density at radius 2 is 2.06 bits per heavy atom. The summed E-state index contributed by atoms with van der Waals surface area (Å²) in [5, 5.41) is 3.60. The highest BCUT2D eigenvalue weighted by Crippen LogP contribution is 2.13. The van der Waals surface area contributed by atoms with Gasteiger partial charge in [0.25, 0.3) is 0 Å². The van der Waals surface area contributed by atoms with E-state index in [1.807, 2.05) is 13.0 Å². The van der Waals surface area contributed by atoms with Crippen LogP contribution in [0.1, 0.15) is 38.2 Å². The Kier molecular flexibility index (Phi) is 4.84. The van der Waals surface area contributed by atoms with Crippen LogP contribution in [0.25, 0.3) is 0 Å². The van der Waals surface area contributed by atoms with Gasteiger partial charge in [0.05, 0.1) is 6.54 Å². The second kappa shape index (κ2) is 6.39. The maximum absolute atomic E-state index is 5.58. The summed E-state index contributed by atoms with van der Waals surface area (Å²) in [5.41, 5.74) is 0. The van der Waals surface area contributed by atoms with Crippen LogP contribution in [-0.2, 0) is 6.54 Å². The summed E-state index contributed by atoms with van der Waals surface area (Å²) in [6.07, 6.45) is 2.51. The van der Waals surface area contributed by atoms with Crippen LogP contribution in [0.5, 0.6) is 0 Å². The van der Waals surface area contributed by atoms with Crippen LogP contribution in [0.3, 0.4) is 0 Å². The van der Waals surface area contributed by atoms with E-state index in [0.29, 0.717) is 6.04 Å². The molecule has 0 bridgehead atoms. The first-order chi connectivity index (χ1) is 8.63. The minimum absolute atomic E-state index is 0.652. The fourth-order valence-electron chi connectivity index (χ4n) is 2.66. The van der Waals surface area contributed by atoms with Crippen molar-refractivity contribution in [3.63, 3.8) is 0 Å². The summed E-state index contributed by atoms with van der Waals surface area (Å²) < 4.78 is 5.58. The van der Waals surface area contributed by atoms with Gasteiger partial charge in [-0.3, -0.25) is 0 Å². The summed E-state index contributed by atoms with van der Waals surface area (Å²) in [4.78, 5) is 2.58. The van der Waals surface area contributed by atoms with Crippen molar-refractivity contribution in [3.05, 3.63) is 23.7 Å². The van der Waals surface area contributed by atoms with E-state index in [1.54, 1.807) is 0 Å². The largest absolute Gasteiger partial charge is 0.465 e. The molecule has 1 aliphatic heterocycles. The smallest absolute Gasteiger partial charge is 0.117 e. The van der Waals surface area contributed by atoms with Crippen LogP contribution in [-0.4, -0.2) is 30.6 Å². The van der Waals surface area contributed by atoms with Crippen molar-refractivity contribution in [2.45, 2.75) is 46.2 Å². The average molecular weight is 250 g/mol. The number of likely N-dealkylation sites (tertiary alicyclic amines) is 1. The van der Waals surface area contributed by atoms with Gasteiger partial charge in [0.1, 0.15) is 11.5 Å². The highest BCUT2D eigenvalue weighted by molar-refractivity contribution is 5.05. The number of furan rings is 1. The Bertz CT molecular complexity index is 351. The summed E-state index contributed by atoms with van der Waals surface area (Å²) >= 11 is 0. The van der Waals surface area contributed by atoms with Gasteiger partial charge in [0.2, 0.25) is 0 Å². The fourth-order valence-corrected chi connectivity index (χ4v) is 2.66. The number of piperidine rings is 1. The molecule has 0 aliphatic carbocycles. The molecule has 0 radical (unpaired) electrons. The Hall–Kier alpha value is -0.800. The van der Waals surface area contributed by atoms with E-state index in [4.69, 9.17) is 4.42 Å². The van der Waals surface area contributed by atoms with E-state index < -0.39 is 0 Å². The van der Waals surface area contributed by atoms with Crippen molar-refractivity contribution in [2.75, 3.05) is 19.6 Å². The molecule has 0 saturated carbocycles. The average Bonchev–Trinajstić information content (AvgIpc) is 2.74. The lowest BCUT2D eigenvalue weighted by atomic mass is 10.0. The third-order valence-electron chi connectivity index (χ3n) is 3.57. The molecule has 0 unspecified atom stereocenters. The molecule has 1 aromatic heterocycles. The summed E-state index contributed by atoms with van der Waals surface area (Å²) in [5.74, 6) is 2.83. The molecule has 18 heavy (non-hydrogen) atoms. The van der Waals surface area contributed by atoms with Gasteiger partial charge >= 0.3 is 0 Å². The Balaban J connectivity index is 1.67. The highest BCUT2D eigenvalue weighted by atomic mass is 16.3. The van der Waals surface area contributed by atoms with Gasteiger partial charge in [-0.15, -0.1) is 0 Å². The van der Waals surface area contributed by atoms with E-state index in [-0.39, 0.29) is 0 Å². The number of nitrogens with zero attached hydrogens (tertiary/aromatic N) is 1. The van der Waals surface area contributed by atoms with Crippen LogP contribution in [0.15, 0.2) is 16.5 Å². The molecule has 3 nitrogen and oxygen atoms in total. The summed E-state index contributed by atoms with van der Waals surface area (Å²) in [6, 6.07) is 4.75. The van der Waals surface area contributed by atoms with Crippen LogP contribution in [0.2, 0.25) is 0 Å². The summed E-state index contributed by atoms with van der Waals surface area (Å²) in [7, 11) is 0. The standard InChI is InChI=1S/C15H26N2O/c1-12(2)11-17-8-6-14(7-9-17)16-10-15-5-4-13(3)18-15/h4-5,12,14,16H,6-11H2,1-3H3. The second-order valence-electron chi connectivity index (χ2n) is 5.86. The van der Waals surface area contributed by atoms with Crippen LogP contribution >= 0.6 is 0 Å². The van der Waals surface area contributed by atoms with Crippen molar-refractivity contribution in [1.82, 2.24) is 10.2 Å². The zero-order chi connectivity index (χ0) is 13.0. The van der Waals surface area contributed by atoms with Gasteiger partial charge < -0.3 is 14.6 Å². The van der Waals surface area contributed by atoms with Gasteiger partial charge in [0, 0.05) is 12.6 Å². The van der Waals surface area contributed by atoms with Crippen LogP contribution in [0.4, 0.5) is 0 Å². The minimum atomic E-state index is 0.652. The zero-order valence-electron chi connectivity index (χ0n) is 11.9. The number of rotatable bonds is 5. The topological polar surface area (TPSA) is 28.4 Å². The number of hydrogen-bond donors (Lipinski definition) is 1. The normalized spacial score (nSPS) is 18.7. The molecule has 0 spiro atoms. The maximum atomic E-state index is 5.58. The van der Waals surface area contributed by atoms with Gasteiger partial charge in [-0.05, 0) is 50.9 Å². The van der Waals surface area contributed by atoms with E-state index in [1.165, 1.54) is 32.5 Å².